The average Bonchev–Trinajstić information content (AvgIpc) is 2.58. The predicted molar refractivity (Wildman–Crippen MR) is 76.3 cm³/mol. The maximum Gasteiger partial charge on any atom is 0.274 e. The number of carbonyl (C=O) groups is 1. The highest BCUT2D eigenvalue weighted by Crippen LogP contribution is 2.16. The fourth-order valence-electron chi connectivity index (χ4n) is 2.49. The Morgan fingerprint density at radius 3 is 2.10 bits per heavy atom. The number of fused-ring (bicyclic) bond motifs is 1. The van der Waals surface area contributed by atoms with Crippen molar-refractivity contribution < 1.29 is 67.1 Å². The van der Waals surface area contributed by atoms with E-state index in [0.717, 1.165) is 17.9 Å². The van der Waals surface area contributed by atoms with Crippen LogP contribution in [0.25, 0.3) is 0 Å². The van der Waals surface area contributed by atoms with E-state index in [4.69, 9.17) is 37.3 Å². The van der Waals surface area contributed by atoms with E-state index in [1.807, 2.05) is 36.5 Å². The van der Waals surface area contributed by atoms with Crippen LogP contribution in [0.3, 0.4) is 0 Å². The molecule has 0 saturated heterocycles. The zero-order valence-corrected chi connectivity index (χ0v) is 16.5. The average molecular weight is 453 g/mol. The van der Waals surface area contributed by atoms with Crippen LogP contribution in [-0.2, 0) is 6.54 Å². The molecular weight excluding hydrogens is 435 g/mol. The molecule has 1 aliphatic rings. The van der Waals surface area contributed by atoms with Crippen molar-refractivity contribution in [1.82, 2.24) is 0 Å². The molecule has 0 radical (unpaired) electrons. The Kier molecular flexibility index (Phi) is 9.32. The van der Waals surface area contributed by atoms with Gasteiger partial charge < -0.3 is 0 Å². The number of carbonyl (C=O) groups excluding carboxylic acids is 1. The number of aryl methyl sites for hydroxylation is 1. The van der Waals surface area contributed by atoms with E-state index in [1.165, 1.54) is 5.56 Å². The van der Waals surface area contributed by atoms with Gasteiger partial charge in [-0.05, 0) is 18.6 Å². The van der Waals surface area contributed by atoms with Gasteiger partial charge in [0.1, 0.15) is 6.54 Å². The number of Topliss-reactive ketones (excluding diaryl/α,β-unsaturated/α-hetero) is 1. The molecule has 0 amide bonds. The van der Waals surface area contributed by atoms with Crippen molar-refractivity contribution in [1.29, 1.82) is 0 Å². The molecular formula is C16H18Cl2N2O9. The molecule has 1 aromatic heterocycles. The van der Waals surface area contributed by atoms with Gasteiger partial charge in [0, 0.05) is 11.6 Å². The molecule has 0 bridgehead atoms. The molecule has 1 aromatic carbocycles. The molecule has 1 unspecified atom stereocenters. The Hall–Kier alpha value is -1.90. The van der Waals surface area contributed by atoms with Crippen LogP contribution in [-0.4, -0.2) is 17.0 Å². The fraction of sp³-hybridized carbons (Fsp3) is 0.250. The van der Waals surface area contributed by atoms with Gasteiger partial charge in [0.2, 0.25) is 0 Å². The molecule has 0 aliphatic carbocycles. The van der Waals surface area contributed by atoms with Gasteiger partial charge in [-0.3, -0.25) is 10.1 Å². The van der Waals surface area contributed by atoms with Crippen molar-refractivity contribution in [2.45, 2.75) is 13.5 Å². The Morgan fingerprint density at radius 2 is 1.59 bits per heavy atom. The lowest BCUT2D eigenvalue weighted by molar-refractivity contribution is -2.00. The number of hydrogen-bond donors (Lipinski definition) is 2. The Bertz CT molecular complexity index is 771. The molecule has 0 saturated carbocycles. The number of aromatic nitrogens is 1. The molecule has 2 heterocycles. The number of nitrogens with zero attached hydrogens (tertiary/aromatic N) is 1. The molecule has 1 aliphatic heterocycles. The summed E-state index contributed by atoms with van der Waals surface area (Å²) in [6, 6.07) is 13.7. The highest BCUT2D eigenvalue weighted by molar-refractivity contribution is 5.98. The normalized spacial score (nSPS) is 15.6. The summed E-state index contributed by atoms with van der Waals surface area (Å²) < 4.78 is 68.8. The first-order valence-electron chi connectivity index (χ1n) is 7.82. The monoisotopic (exact) mass is 452 g/mol. The summed E-state index contributed by atoms with van der Waals surface area (Å²) >= 11 is 0. The summed E-state index contributed by atoms with van der Waals surface area (Å²) in [4.78, 5) is 12.4. The largest absolute Gasteiger partial charge is 0.294 e. The quantitative estimate of drug-likeness (QED) is 0.324. The lowest BCUT2D eigenvalue weighted by atomic mass is 9.96. The standard InChI is InChI=1S/C16H16N2O.2ClHO4/c1-12-7-8-18-11-14(10-17-15(18)9-12)16(19)13-5-3-2-4-6-13;2*2-1(3,4)5/h2-9,14H,10-11H2,1H3;2*(H,2,3,4,5). The van der Waals surface area contributed by atoms with Crippen LogP contribution in [0.5, 0.6) is 0 Å². The minimum atomic E-state index is -4.94. The van der Waals surface area contributed by atoms with Crippen LogP contribution < -0.4 is 42.5 Å². The van der Waals surface area contributed by atoms with Gasteiger partial charge >= 0.3 is 0 Å². The van der Waals surface area contributed by atoms with Crippen molar-refractivity contribution in [2.24, 2.45) is 5.92 Å². The first-order chi connectivity index (χ1) is 13.2. The van der Waals surface area contributed by atoms with E-state index < -0.39 is 20.5 Å². The number of rotatable bonds is 2. The molecule has 0 spiro atoms. The van der Waals surface area contributed by atoms with E-state index in [-0.39, 0.29) is 11.7 Å². The van der Waals surface area contributed by atoms with Gasteiger partial charge in [0.25, 0.3) is 5.82 Å². The van der Waals surface area contributed by atoms with E-state index in [9.17, 15) is 4.79 Å². The van der Waals surface area contributed by atoms with Crippen LogP contribution >= 0.6 is 0 Å². The molecule has 2 N–H and O–H groups in total. The summed E-state index contributed by atoms with van der Waals surface area (Å²) in [5.74, 6) is 1.31. The van der Waals surface area contributed by atoms with Crippen molar-refractivity contribution >= 4 is 11.6 Å². The molecule has 0 fully saturated rings. The third-order valence-electron chi connectivity index (χ3n) is 3.57. The molecule has 1 atom stereocenters. The zero-order chi connectivity index (χ0) is 22.2. The second-order valence-corrected chi connectivity index (χ2v) is 7.37. The minimum absolute atomic E-state index is 0.00241. The maximum absolute atomic E-state index is 12.4. The molecule has 2 aromatic rings. The third-order valence-corrected chi connectivity index (χ3v) is 3.57. The lowest BCUT2D eigenvalue weighted by Crippen LogP contribution is -2.68. The van der Waals surface area contributed by atoms with Gasteiger partial charge in [-0.25, -0.2) is 23.2 Å². The summed E-state index contributed by atoms with van der Waals surface area (Å²) in [6.45, 7) is 3.53. The summed E-state index contributed by atoms with van der Waals surface area (Å²) in [5.41, 5.74) is 2.03. The van der Waals surface area contributed by atoms with Gasteiger partial charge in [0.15, 0.2) is 5.78 Å². The highest BCUT2D eigenvalue weighted by atomic mass is 35.7. The molecule has 29 heavy (non-hydrogen) atoms. The smallest absolute Gasteiger partial charge is 0.274 e. The minimum Gasteiger partial charge on any atom is -0.294 e. The second-order valence-electron chi connectivity index (χ2n) is 5.82. The zero-order valence-electron chi connectivity index (χ0n) is 15.0. The summed E-state index contributed by atoms with van der Waals surface area (Å²) in [5, 5.41) is 3.35. The number of nitrogens with one attached hydrogen (secondary N) is 1. The van der Waals surface area contributed by atoms with E-state index in [2.05, 4.69) is 28.9 Å². The third kappa shape index (κ3) is 11.6. The Morgan fingerprint density at radius 1 is 1.07 bits per heavy atom. The number of pyridine rings is 1. The van der Waals surface area contributed by atoms with Crippen LogP contribution in [0.2, 0.25) is 0 Å². The maximum atomic E-state index is 12.4. The van der Waals surface area contributed by atoms with Gasteiger partial charge in [-0.2, -0.15) is 14.0 Å². The second kappa shape index (κ2) is 10.8. The summed E-state index contributed by atoms with van der Waals surface area (Å²) in [6.07, 6.45) is 2.04. The number of benzene rings is 1. The predicted octanol–water partition coefficient (Wildman–Crippen LogP) is -6.67. The number of halogens is 2. The van der Waals surface area contributed by atoms with Crippen molar-refractivity contribution in [3.8, 4) is 0 Å². The Labute approximate surface area is 170 Å². The first-order valence-corrected chi connectivity index (χ1v) is 10.3. The van der Waals surface area contributed by atoms with Crippen LogP contribution in [0.4, 0.5) is 5.82 Å². The van der Waals surface area contributed by atoms with Crippen LogP contribution in [0, 0.1) is 33.3 Å². The van der Waals surface area contributed by atoms with Crippen LogP contribution in [0.15, 0.2) is 48.7 Å². The van der Waals surface area contributed by atoms with Gasteiger partial charge in [-0.15, -0.1) is 10.2 Å². The molecule has 11 nitrogen and oxygen atoms in total. The topological polar surface area (TPSA) is 215 Å². The van der Waals surface area contributed by atoms with Gasteiger partial charge in [0.05, 0.1) is 33.6 Å². The lowest BCUT2D eigenvalue weighted by Gasteiger charge is -2.20. The van der Waals surface area contributed by atoms with E-state index >= 15 is 0 Å². The van der Waals surface area contributed by atoms with Crippen molar-refractivity contribution in [2.75, 3.05) is 11.9 Å². The SMILES string of the molecule is Cc1cc[n+]2c(c1)NCC(C(=O)c1ccccc1)C2.[O-][Cl+3]([O-])([O-])O.[O-][Cl+3]([O-])([O-])[O-]. The first kappa shape index (κ1) is 25.1. The number of ketones is 1. The van der Waals surface area contributed by atoms with Crippen molar-refractivity contribution in [3.63, 3.8) is 0 Å². The van der Waals surface area contributed by atoms with E-state index in [0.29, 0.717) is 6.54 Å². The fourth-order valence-corrected chi connectivity index (χ4v) is 2.49. The van der Waals surface area contributed by atoms with Gasteiger partial charge in [-0.1, -0.05) is 30.3 Å². The Balaban J connectivity index is 0.000000353. The highest BCUT2D eigenvalue weighted by Gasteiger charge is 2.29. The molecule has 3 rings (SSSR count). The number of anilines is 1. The van der Waals surface area contributed by atoms with Crippen molar-refractivity contribution in [3.05, 3.63) is 59.8 Å². The van der Waals surface area contributed by atoms with Crippen LogP contribution in [0.1, 0.15) is 15.9 Å². The molecule has 160 valence electrons. The summed E-state index contributed by atoms with van der Waals surface area (Å²) in [7, 11) is -9.64. The number of hydrogen-bond acceptors (Lipinski definition) is 10. The van der Waals surface area contributed by atoms with E-state index in [1.54, 1.807) is 0 Å². The molecule has 13 heteroatoms.